The summed E-state index contributed by atoms with van der Waals surface area (Å²) >= 11 is 5.70. The molecule has 1 heterocycles. The predicted molar refractivity (Wildman–Crippen MR) is 73.4 cm³/mol. The zero-order valence-electron chi connectivity index (χ0n) is 11.1. The first-order valence-corrected chi connectivity index (χ1v) is 6.68. The van der Waals surface area contributed by atoms with Gasteiger partial charge in [0, 0.05) is 31.2 Å². The normalized spacial score (nSPS) is 24.2. The lowest BCUT2D eigenvalue weighted by molar-refractivity contribution is 0.0977. The summed E-state index contributed by atoms with van der Waals surface area (Å²) in [6, 6.07) is 5.51. The Morgan fingerprint density at radius 3 is 2.89 bits per heavy atom. The van der Waals surface area contributed by atoms with Gasteiger partial charge in [0.25, 0.3) is 0 Å². The quantitative estimate of drug-likeness (QED) is 0.889. The molecule has 1 unspecified atom stereocenters. The molecule has 1 saturated heterocycles. The van der Waals surface area contributed by atoms with Crippen molar-refractivity contribution in [3.63, 3.8) is 0 Å². The number of piperazine rings is 1. The highest BCUT2D eigenvalue weighted by Gasteiger charge is 2.29. The van der Waals surface area contributed by atoms with E-state index in [4.69, 9.17) is 11.6 Å². The van der Waals surface area contributed by atoms with E-state index in [9.17, 15) is 4.39 Å². The van der Waals surface area contributed by atoms with Crippen LogP contribution in [0, 0.1) is 5.82 Å². The van der Waals surface area contributed by atoms with Crippen molar-refractivity contribution >= 4 is 11.6 Å². The third-order valence-electron chi connectivity index (χ3n) is 3.47. The van der Waals surface area contributed by atoms with E-state index in [1.807, 2.05) is 6.07 Å². The lowest BCUT2D eigenvalue weighted by Crippen LogP contribution is -2.60. The molecule has 0 bridgehead atoms. The zero-order valence-corrected chi connectivity index (χ0v) is 11.9. The number of nitrogens with one attached hydrogen (secondary N) is 1. The Labute approximate surface area is 113 Å². The molecule has 2 rings (SSSR count). The number of hydrogen-bond donors (Lipinski definition) is 1. The summed E-state index contributed by atoms with van der Waals surface area (Å²) in [7, 11) is 0. The molecule has 1 aromatic carbocycles. The van der Waals surface area contributed by atoms with Crippen LogP contribution in [0.4, 0.5) is 4.39 Å². The van der Waals surface area contributed by atoms with E-state index >= 15 is 0 Å². The number of rotatable bonds is 2. The molecule has 0 spiro atoms. The van der Waals surface area contributed by atoms with E-state index in [-0.39, 0.29) is 16.4 Å². The zero-order chi connectivity index (χ0) is 13.3. The molecule has 100 valence electrons. The first-order valence-electron chi connectivity index (χ1n) is 6.30. The van der Waals surface area contributed by atoms with Gasteiger partial charge in [-0.2, -0.15) is 0 Å². The van der Waals surface area contributed by atoms with Crippen LogP contribution in [0.2, 0.25) is 5.02 Å². The maximum atomic E-state index is 13.4. The molecule has 0 aliphatic carbocycles. The summed E-state index contributed by atoms with van der Waals surface area (Å²) in [5.41, 5.74) is 1.08. The van der Waals surface area contributed by atoms with Crippen LogP contribution in [0.3, 0.4) is 0 Å². The number of halogens is 2. The van der Waals surface area contributed by atoms with Crippen molar-refractivity contribution in [2.75, 3.05) is 13.1 Å². The monoisotopic (exact) mass is 270 g/mol. The lowest BCUT2D eigenvalue weighted by Gasteiger charge is -2.43. The average Bonchev–Trinajstić information content (AvgIpc) is 2.28. The molecule has 0 radical (unpaired) electrons. The van der Waals surface area contributed by atoms with Crippen LogP contribution in [-0.4, -0.2) is 29.6 Å². The Morgan fingerprint density at radius 2 is 2.22 bits per heavy atom. The second-order valence-corrected chi connectivity index (χ2v) is 6.17. The highest BCUT2D eigenvalue weighted by Crippen LogP contribution is 2.20. The van der Waals surface area contributed by atoms with Crippen molar-refractivity contribution in [2.24, 2.45) is 0 Å². The van der Waals surface area contributed by atoms with Crippen molar-refractivity contribution in [2.45, 2.75) is 38.9 Å². The van der Waals surface area contributed by atoms with Crippen molar-refractivity contribution < 1.29 is 4.39 Å². The summed E-state index contributed by atoms with van der Waals surface area (Å²) in [5, 5.41) is 3.69. The Morgan fingerprint density at radius 1 is 1.50 bits per heavy atom. The van der Waals surface area contributed by atoms with Gasteiger partial charge in [0.2, 0.25) is 0 Å². The summed E-state index contributed by atoms with van der Waals surface area (Å²) < 4.78 is 13.4. The molecule has 0 saturated carbocycles. The van der Waals surface area contributed by atoms with Crippen LogP contribution in [0.15, 0.2) is 18.2 Å². The van der Waals surface area contributed by atoms with E-state index in [2.05, 4.69) is 31.0 Å². The molecule has 1 fully saturated rings. The molecule has 0 aromatic heterocycles. The van der Waals surface area contributed by atoms with Crippen LogP contribution in [0.5, 0.6) is 0 Å². The standard InChI is InChI=1S/C14H20ClFN2/c1-10-7-17-14(2,3)9-18(10)8-11-4-5-12(15)13(16)6-11/h4-6,10,17H,7-9H2,1-3H3. The van der Waals surface area contributed by atoms with E-state index in [1.54, 1.807) is 6.07 Å². The van der Waals surface area contributed by atoms with Crippen LogP contribution in [-0.2, 0) is 6.54 Å². The molecule has 18 heavy (non-hydrogen) atoms. The van der Waals surface area contributed by atoms with Crippen molar-refractivity contribution in [1.82, 2.24) is 10.2 Å². The van der Waals surface area contributed by atoms with Gasteiger partial charge in [0.05, 0.1) is 5.02 Å². The molecule has 1 aromatic rings. The minimum Gasteiger partial charge on any atom is -0.309 e. The molecule has 1 atom stereocenters. The third kappa shape index (κ3) is 3.22. The summed E-state index contributed by atoms with van der Waals surface area (Å²) in [4.78, 5) is 2.37. The number of benzene rings is 1. The maximum absolute atomic E-state index is 13.4. The molecule has 0 amide bonds. The van der Waals surface area contributed by atoms with Crippen LogP contribution in [0.1, 0.15) is 26.3 Å². The fourth-order valence-electron chi connectivity index (χ4n) is 2.36. The minimum absolute atomic E-state index is 0.109. The first-order chi connectivity index (χ1) is 8.37. The Balaban J connectivity index is 2.09. The highest BCUT2D eigenvalue weighted by molar-refractivity contribution is 6.30. The highest BCUT2D eigenvalue weighted by atomic mass is 35.5. The second-order valence-electron chi connectivity index (χ2n) is 5.77. The molecular weight excluding hydrogens is 251 g/mol. The van der Waals surface area contributed by atoms with Gasteiger partial charge in [-0.05, 0) is 38.5 Å². The summed E-state index contributed by atoms with van der Waals surface area (Å²) in [6.45, 7) is 9.25. The Kier molecular flexibility index (Phi) is 3.95. The van der Waals surface area contributed by atoms with Gasteiger partial charge in [0.1, 0.15) is 5.82 Å². The van der Waals surface area contributed by atoms with Crippen LogP contribution in [0.25, 0.3) is 0 Å². The van der Waals surface area contributed by atoms with Gasteiger partial charge >= 0.3 is 0 Å². The molecule has 1 aliphatic heterocycles. The molecule has 1 N–H and O–H groups in total. The molecule has 2 nitrogen and oxygen atoms in total. The Hall–Kier alpha value is -0.640. The third-order valence-corrected chi connectivity index (χ3v) is 3.77. The van der Waals surface area contributed by atoms with Crippen molar-refractivity contribution in [3.8, 4) is 0 Å². The molecular formula is C14H20ClFN2. The lowest BCUT2D eigenvalue weighted by atomic mass is 9.98. The number of nitrogens with zero attached hydrogens (tertiary/aromatic N) is 1. The van der Waals surface area contributed by atoms with Gasteiger partial charge < -0.3 is 5.32 Å². The summed E-state index contributed by atoms with van der Waals surface area (Å²) in [6.07, 6.45) is 0. The van der Waals surface area contributed by atoms with E-state index < -0.39 is 0 Å². The molecule has 4 heteroatoms. The average molecular weight is 271 g/mol. The molecule has 1 aliphatic rings. The largest absolute Gasteiger partial charge is 0.309 e. The van der Waals surface area contributed by atoms with Crippen LogP contribution < -0.4 is 5.32 Å². The van der Waals surface area contributed by atoms with Gasteiger partial charge in [0.15, 0.2) is 0 Å². The first kappa shape index (κ1) is 13.8. The topological polar surface area (TPSA) is 15.3 Å². The fourth-order valence-corrected chi connectivity index (χ4v) is 2.47. The SMILES string of the molecule is CC1CNC(C)(C)CN1Cc1ccc(Cl)c(F)c1. The van der Waals surface area contributed by atoms with Gasteiger partial charge in [-0.1, -0.05) is 17.7 Å². The van der Waals surface area contributed by atoms with Gasteiger partial charge in [-0.3, -0.25) is 4.90 Å². The predicted octanol–water partition coefficient (Wildman–Crippen LogP) is 3.05. The Bertz CT molecular complexity index is 434. The van der Waals surface area contributed by atoms with Gasteiger partial charge in [-0.15, -0.1) is 0 Å². The number of hydrogen-bond acceptors (Lipinski definition) is 2. The minimum atomic E-state index is -0.337. The fraction of sp³-hybridized carbons (Fsp3) is 0.571. The maximum Gasteiger partial charge on any atom is 0.142 e. The van der Waals surface area contributed by atoms with E-state index in [0.717, 1.165) is 25.2 Å². The smallest absolute Gasteiger partial charge is 0.142 e. The van der Waals surface area contributed by atoms with Crippen molar-refractivity contribution in [1.29, 1.82) is 0 Å². The van der Waals surface area contributed by atoms with Gasteiger partial charge in [-0.25, -0.2) is 4.39 Å². The second kappa shape index (κ2) is 5.16. The van der Waals surface area contributed by atoms with Crippen molar-refractivity contribution in [3.05, 3.63) is 34.6 Å². The van der Waals surface area contributed by atoms with E-state index in [1.165, 1.54) is 6.07 Å². The van der Waals surface area contributed by atoms with Crippen LogP contribution >= 0.6 is 11.6 Å². The summed E-state index contributed by atoms with van der Waals surface area (Å²) in [5.74, 6) is -0.337. The van der Waals surface area contributed by atoms with E-state index in [0.29, 0.717) is 6.04 Å².